The Hall–Kier alpha value is -1.41. The first kappa shape index (κ1) is 11.1. The van der Waals surface area contributed by atoms with Crippen LogP contribution in [0.2, 0.25) is 0 Å². The van der Waals surface area contributed by atoms with Crippen molar-refractivity contribution in [1.82, 2.24) is 20.2 Å². The number of aromatic nitrogens is 4. The zero-order valence-corrected chi connectivity index (χ0v) is 9.45. The Morgan fingerprint density at radius 1 is 1.31 bits per heavy atom. The molecule has 0 radical (unpaired) electrons. The van der Waals surface area contributed by atoms with Crippen molar-refractivity contribution in [2.45, 2.75) is 6.54 Å². The standard InChI is InChI=1S/C8H6BrF2N5/c9-4-1-5(10)8(6(11)2-4)16-7(3-12)13-14-15-16/h1-2H,3,12H2. The monoisotopic (exact) mass is 289 g/mol. The van der Waals surface area contributed by atoms with Gasteiger partial charge in [-0.15, -0.1) is 5.10 Å². The van der Waals surface area contributed by atoms with Gasteiger partial charge in [0, 0.05) is 4.47 Å². The van der Waals surface area contributed by atoms with Gasteiger partial charge in [-0.3, -0.25) is 0 Å². The second kappa shape index (κ2) is 4.22. The molecule has 2 aromatic rings. The number of rotatable bonds is 2. The lowest BCUT2D eigenvalue weighted by Gasteiger charge is -2.06. The van der Waals surface area contributed by atoms with E-state index in [-0.39, 0.29) is 18.1 Å². The molecule has 0 aliphatic rings. The van der Waals surface area contributed by atoms with Crippen molar-refractivity contribution in [3.8, 4) is 5.69 Å². The summed E-state index contributed by atoms with van der Waals surface area (Å²) >= 11 is 2.98. The molecule has 8 heteroatoms. The molecule has 0 spiro atoms. The smallest absolute Gasteiger partial charge is 0.170 e. The third-order valence-electron chi connectivity index (χ3n) is 1.91. The number of tetrazole rings is 1. The Balaban J connectivity index is 2.64. The van der Waals surface area contributed by atoms with E-state index < -0.39 is 11.6 Å². The third-order valence-corrected chi connectivity index (χ3v) is 2.37. The first-order valence-electron chi connectivity index (χ1n) is 4.25. The summed E-state index contributed by atoms with van der Waals surface area (Å²) in [5, 5.41) is 10.3. The number of hydrogen-bond donors (Lipinski definition) is 1. The molecule has 2 N–H and O–H groups in total. The van der Waals surface area contributed by atoms with E-state index in [1.54, 1.807) is 0 Å². The maximum Gasteiger partial charge on any atom is 0.170 e. The fourth-order valence-corrected chi connectivity index (χ4v) is 1.65. The highest BCUT2D eigenvalue weighted by Gasteiger charge is 2.17. The van der Waals surface area contributed by atoms with E-state index in [2.05, 4.69) is 31.5 Å². The Kier molecular flexibility index (Phi) is 2.92. The van der Waals surface area contributed by atoms with Gasteiger partial charge in [0.1, 0.15) is 5.69 Å². The van der Waals surface area contributed by atoms with Crippen LogP contribution in [0.15, 0.2) is 16.6 Å². The average Bonchev–Trinajstić information content (AvgIpc) is 2.64. The fraction of sp³-hybridized carbons (Fsp3) is 0.125. The van der Waals surface area contributed by atoms with Gasteiger partial charge < -0.3 is 5.73 Å². The molecule has 5 nitrogen and oxygen atoms in total. The van der Waals surface area contributed by atoms with Gasteiger partial charge in [-0.05, 0) is 22.6 Å². The predicted molar refractivity (Wildman–Crippen MR) is 54.7 cm³/mol. The molecule has 0 amide bonds. The van der Waals surface area contributed by atoms with Crippen LogP contribution in [0.4, 0.5) is 8.78 Å². The molecule has 84 valence electrons. The molecule has 2 rings (SSSR count). The van der Waals surface area contributed by atoms with Crippen LogP contribution in [0.1, 0.15) is 5.82 Å². The molecule has 0 bridgehead atoms. The summed E-state index contributed by atoms with van der Waals surface area (Å²) in [6.45, 7) is -0.0120. The zero-order chi connectivity index (χ0) is 11.7. The first-order valence-corrected chi connectivity index (χ1v) is 5.05. The number of nitrogens with two attached hydrogens (primary N) is 1. The minimum Gasteiger partial charge on any atom is -0.324 e. The van der Waals surface area contributed by atoms with Crippen LogP contribution in [0, 0.1) is 11.6 Å². The normalized spacial score (nSPS) is 10.8. The first-order chi connectivity index (χ1) is 7.63. The molecule has 16 heavy (non-hydrogen) atoms. The van der Waals surface area contributed by atoms with Gasteiger partial charge >= 0.3 is 0 Å². The highest BCUT2D eigenvalue weighted by atomic mass is 79.9. The third kappa shape index (κ3) is 1.81. The Bertz CT molecular complexity index is 504. The van der Waals surface area contributed by atoms with Crippen molar-refractivity contribution in [2.24, 2.45) is 5.73 Å². The van der Waals surface area contributed by atoms with Crippen LogP contribution >= 0.6 is 15.9 Å². The van der Waals surface area contributed by atoms with Crippen molar-refractivity contribution >= 4 is 15.9 Å². The van der Waals surface area contributed by atoms with Crippen LogP contribution in [-0.4, -0.2) is 20.2 Å². The summed E-state index contributed by atoms with van der Waals surface area (Å²) < 4.78 is 28.4. The quantitative estimate of drug-likeness (QED) is 0.901. The van der Waals surface area contributed by atoms with Gasteiger partial charge in [0.2, 0.25) is 0 Å². The lowest BCUT2D eigenvalue weighted by Crippen LogP contribution is -2.11. The highest BCUT2D eigenvalue weighted by molar-refractivity contribution is 9.10. The summed E-state index contributed by atoms with van der Waals surface area (Å²) in [4.78, 5) is 0. The maximum atomic E-state index is 13.6. The molecule has 0 fully saturated rings. The average molecular weight is 290 g/mol. The lowest BCUT2D eigenvalue weighted by atomic mass is 10.3. The van der Waals surface area contributed by atoms with E-state index >= 15 is 0 Å². The second-order valence-electron chi connectivity index (χ2n) is 2.93. The van der Waals surface area contributed by atoms with Crippen molar-refractivity contribution in [3.05, 3.63) is 34.1 Å². The summed E-state index contributed by atoms with van der Waals surface area (Å²) in [6, 6.07) is 2.25. The van der Waals surface area contributed by atoms with E-state index in [1.807, 2.05) is 0 Å². The van der Waals surface area contributed by atoms with Crippen molar-refractivity contribution in [2.75, 3.05) is 0 Å². The summed E-state index contributed by atoms with van der Waals surface area (Å²) in [5.74, 6) is -1.36. The molecule has 0 aliphatic carbocycles. The summed E-state index contributed by atoms with van der Waals surface area (Å²) in [5.41, 5.74) is 5.01. The molecule has 0 unspecified atom stereocenters. The zero-order valence-electron chi connectivity index (χ0n) is 7.86. The molecule has 1 aromatic heterocycles. The van der Waals surface area contributed by atoms with Crippen LogP contribution in [0.25, 0.3) is 5.69 Å². The van der Waals surface area contributed by atoms with Crippen LogP contribution in [0.5, 0.6) is 0 Å². The SMILES string of the molecule is NCc1nnnn1-c1c(F)cc(Br)cc1F. The van der Waals surface area contributed by atoms with Gasteiger partial charge in [-0.1, -0.05) is 15.9 Å². The molecular weight excluding hydrogens is 284 g/mol. The number of halogens is 3. The summed E-state index contributed by atoms with van der Waals surface area (Å²) in [6.07, 6.45) is 0. The van der Waals surface area contributed by atoms with Gasteiger partial charge in [-0.25, -0.2) is 8.78 Å². The molecule has 0 aliphatic heterocycles. The minimum absolute atomic E-state index is 0.0120. The maximum absolute atomic E-state index is 13.6. The van der Waals surface area contributed by atoms with Gasteiger partial charge in [0.15, 0.2) is 17.5 Å². The number of nitrogens with zero attached hydrogens (tertiary/aromatic N) is 4. The van der Waals surface area contributed by atoms with E-state index in [9.17, 15) is 8.78 Å². The summed E-state index contributed by atoms with van der Waals surface area (Å²) in [7, 11) is 0. The molecule has 0 atom stereocenters. The number of hydrogen-bond acceptors (Lipinski definition) is 4. The van der Waals surface area contributed by atoms with E-state index in [0.717, 1.165) is 16.8 Å². The minimum atomic E-state index is -0.770. The Morgan fingerprint density at radius 2 is 1.94 bits per heavy atom. The van der Waals surface area contributed by atoms with Crippen molar-refractivity contribution in [1.29, 1.82) is 0 Å². The van der Waals surface area contributed by atoms with Crippen LogP contribution < -0.4 is 5.73 Å². The van der Waals surface area contributed by atoms with E-state index in [1.165, 1.54) is 0 Å². The Morgan fingerprint density at radius 3 is 2.50 bits per heavy atom. The lowest BCUT2D eigenvalue weighted by molar-refractivity contribution is 0.550. The Labute approximate surface area is 97.4 Å². The van der Waals surface area contributed by atoms with Crippen molar-refractivity contribution in [3.63, 3.8) is 0 Å². The molecule has 0 saturated heterocycles. The molecule has 0 saturated carbocycles. The van der Waals surface area contributed by atoms with Crippen molar-refractivity contribution < 1.29 is 8.78 Å². The predicted octanol–water partition coefficient (Wildman–Crippen LogP) is 1.16. The van der Waals surface area contributed by atoms with Gasteiger partial charge in [0.05, 0.1) is 6.54 Å². The molecule has 1 heterocycles. The van der Waals surface area contributed by atoms with E-state index in [0.29, 0.717) is 4.47 Å². The number of benzene rings is 1. The highest BCUT2D eigenvalue weighted by Crippen LogP contribution is 2.22. The van der Waals surface area contributed by atoms with E-state index in [4.69, 9.17) is 5.73 Å². The van der Waals surface area contributed by atoms with Crippen LogP contribution in [0.3, 0.4) is 0 Å². The fourth-order valence-electron chi connectivity index (χ4n) is 1.24. The largest absolute Gasteiger partial charge is 0.324 e. The van der Waals surface area contributed by atoms with Gasteiger partial charge in [0.25, 0.3) is 0 Å². The van der Waals surface area contributed by atoms with Gasteiger partial charge in [-0.2, -0.15) is 4.68 Å². The molecule has 1 aromatic carbocycles. The molecular formula is C8H6BrF2N5. The van der Waals surface area contributed by atoms with Crippen LogP contribution in [-0.2, 0) is 6.54 Å². The topological polar surface area (TPSA) is 69.6 Å². The second-order valence-corrected chi connectivity index (χ2v) is 3.84.